The molecule has 0 aliphatic heterocycles. The molecule has 0 aromatic heterocycles. The second kappa shape index (κ2) is 5.44. The molecule has 16 heavy (non-hydrogen) atoms. The summed E-state index contributed by atoms with van der Waals surface area (Å²) in [6.07, 6.45) is 5.19. The Hall–Kier alpha value is -0.170. The Morgan fingerprint density at radius 2 is 1.81 bits per heavy atom. The molecule has 1 rings (SSSR count). The van der Waals surface area contributed by atoms with Gasteiger partial charge in [0, 0.05) is 18.1 Å². The van der Waals surface area contributed by atoms with Gasteiger partial charge < -0.3 is 5.73 Å². The molecule has 0 radical (unpaired) electrons. The van der Waals surface area contributed by atoms with E-state index in [0.29, 0.717) is 6.54 Å². The molecule has 1 aliphatic carbocycles. The fourth-order valence-electron chi connectivity index (χ4n) is 2.02. The van der Waals surface area contributed by atoms with Crippen molar-refractivity contribution in [1.29, 1.82) is 0 Å². The van der Waals surface area contributed by atoms with Crippen molar-refractivity contribution in [2.24, 2.45) is 5.73 Å². The van der Waals surface area contributed by atoms with Crippen LogP contribution in [0.25, 0.3) is 0 Å². The Morgan fingerprint density at radius 3 is 2.31 bits per heavy atom. The van der Waals surface area contributed by atoms with E-state index in [9.17, 15) is 8.42 Å². The highest BCUT2D eigenvalue weighted by atomic mass is 32.2. The van der Waals surface area contributed by atoms with Crippen molar-refractivity contribution >= 4 is 10.2 Å². The van der Waals surface area contributed by atoms with Gasteiger partial charge in [0.15, 0.2) is 0 Å². The smallest absolute Gasteiger partial charge is 0.277 e. The van der Waals surface area contributed by atoms with Crippen LogP contribution >= 0.6 is 0 Å². The summed E-state index contributed by atoms with van der Waals surface area (Å²) in [5.74, 6) is 0. The van der Waals surface area contributed by atoms with Crippen LogP contribution in [0.15, 0.2) is 0 Å². The topological polar surface area (TPSA) is 84.2 Å². The lowest BCUT2D eigenvalue weighted by molar-refractivity contribution is 0.296. The maximum atomic E-state index is 11.5. The third-order valence-corrected chi connectivity index (χ3v) is 4.16. The van der Waals surface area contributed by atoms with Crippen LogP contribution in [0.1, 0.15) is 46.0 Å². The number of nitrogens with two attached hydrogens (primary N) is 1. The predicted octanol–water partition coefficient (Wildman–Crippen LogP) is 0.480. The Kier molecular flexibility index (Phi) is 4.73. The van der Waals surface area contributed by atoms with Crippen molar-refractivity contribution in [3.05, 3.63) is 0 Å². The number of hydrogen-bond donors (Lipinski definition) is 3. The Bertz CT molecular complexity index is 308. The summed E-state index contributed by atoms with van der Waals surface area (Å²) < 4.78 is 28.1. The van der Waals surface area contributed by atoms with Crippen LogP contribution in [0.2, 0.25) is 0 Å². The molecular weight excluding hydrogens is 226 g/mol. The van der Waals surface area contributed by atoms with Crippen molar-refractivity contribution in [2.45, 2.75) is 57.5 Å². The molecule has 0 bridgehead atoms. The van der Waals surface area contributed by atoms with E-state index in [1.165, 1.54) is 6.42 Å². The zero-order valence-corrected chi connectivity index (χ0v) is 10.9. The highest BCUT2D eigenvalue weighted by Crippen LogP contribution is 2.25. The molecule has 4 N–H and O–H groups in total. The first-order valence-corrected chi connectivity index (χ1v) is 7.37. The summed E-state index contributed by atoms with van der Waals surface area (Å²) in [5.41, 5.74) is 5.79. The molecule has 0 amide bonds. The van der Waals surface area contributed by atoms with Gasteiger partial charge >= 0.3 is 0 Å². The van der Waals surface area contributed by atoms with E-state index in [1.807, 2.05) is 0 Å². The fourth-order valence-corrected chi connectivity index (χ4v) is 3.20. The van der Waals surface area contributed by atoms with Crippen LogP contribution in [0, 0.1) is 0 Å². The summed E-state index contributed by atoms with van der Waals surface area (Å²) >= 11 is 0. The maximum Gasteiger partial charge on any atom is 0.277 e. The lowest BCUT2D eigenvalue weighted by atomic mass is 9.83. The minimum absolute atomic E-state index is 0.0995. The van der Waals surface area contributed by atoms with Crippen LogP contribution in [-0.4, -0.2) is 26.5 Å². The summed E-state index contributed by atoms with van der Waals surface area (Å²) in [6, 6.07) is -0.0995. The summed E-state index contributed by atoms with van der Waals surface area (Å²) in [6.45, 7) is 3.91. The maximum absolute atomic E-state index is 11.5. The molecule has 1 aliphatic rings. The minimum Gasteiger partial charge on any atom is -0.324 e. The van der Waals surface area contributed by atoms with E-state index in [0.717, 1.165) is 25.7 Å². The van der Waals surface area contributed by atoms with E-state index < -0.39 is 10.2 Å². The molecule has 96 valence electrons. The van der Waals surface area contributed by atoms with Crippen molar-refractivity contribution in [1.82, 2.24) is 9.44 Å². The fraction of sp³-hybridized carbons (Fsp3) is 1.00. The van der Waals surface area contributed by atoms with Crippen molar-refractivity contribution in [2.75, 3.05) is 6.54 Å². The van der Waals surface area contributed by atoms with Crippen LogP contribution < -0.4 is 15.2 Å². The average molecular weight is 249 g/mol. The summed E-state index contributed by atoms with van der Waals surface area (Å²) in [7, 11) is -3.40. The van der Waals surface area contributed by atoms with E-state index in [4.69, 9.17) is 5.73 Å². The van der Waals surface area contributed by atoms with E-state index in [1.54, 1.807) is 13.8 Å². The predicted molar refractivity (Wildman–Crippen MR) is 65.2 cm³/mol. The third-order valence-electron chi connectivity index (χ3n) is 2.85. The number of rotatable bonds is 5. The zero-order valence-electron chi connectivity index (χ0n) is 10.1. The molecule has 1 saturated carbocycles. The van der Waals surface area contributed by atoms with E-state index >= 15 is 0 Å². The molecule has 0 atom stereocenters. The van der Waals surface area contributed by atoms with Gasteiger partial charge in [-0.05, 0) is 26.7 Å². The second-order valence-corrected chi connectivity index (χ2v) is 6.55. The quantitative estimate of drug-likeness (QED) is 0.662. The normalized spacial score (nSPS) is 21.2. The Balaban J connectivity index is 2.43. The van der Waals surface area contributed by atoms with Crippen LogP contribution in [0.4, 0.5) is 0 Å². The van der Waals surface area contributed by atoms with E-state index in [-0.39, 0.29) is 11.6 Å². The lowest BCUT2D eigenvalue weighted by Crippen LogP contribution is -2.53. The third kappa shape index (κ3) is 4.78. The highest BCUT2D eigenvalue weighted by molar-refractivity contribution is 7.87. The van der Waals surface area contributed by atoms with Gasteiger partial charge in [-0.2, -0.15) is 13.1 Å². The van der Waals surface area contributed by atoms with E-state index in [2.05, 4.69) is 9.44 Å². The minimum atomic E-state index is -3.40. The molecule has 0 aromatic carbocycles. The first-order chi connectivity index (χ1) is 7.33. The van der Waals surface area contributed by atoms with Crippen molar-refractivity contribution < 1.29 is 8.42 Å². The largest absolute Gasteiger partial charge is 0.324 e. The molecular formula is C10H23N3O2S. The number of hydrogen-bond acceptors (Lipinski definition) is 3. The second-order valence-electron chi connectivity index (χ2n) is 5.02. The molecule has 0 saturated heterocycles. The van der Waals surface area contributed by atoms with Gasteiger partial charge in [0.25, 0.3) is 10.2 Å². The van der Waals surface area contributed by atoms with Crippen molar-refractivity contribution in [3.8, 4) is 0 Å². The summed E-state index contributed by atoms with van der Waals surface area (Å²) in [5, 5.41) is 0. The molecule has 5 nitrogen and oxygen atoms in total. The zero-order chi connectivity index (χ0) is 12.2. The van der Waals surface area contributed by atoms with Gasteiger partial charge in [0.05, 0.1) is 0 Å². The van der Waals surface area contributed by atoms with Crippen LogP contribution in [0.3, 0.4) is 0 Å². The van der Waals surface area contributed by atoms with Crippen molar-refractivity contribution in [3.63, 3.8) is 0 Å². The van der Waals surface area contributed by atoms with Gasteiger partial charge in [-0.3, -0.25) is 0 Å². The monoisotopic (exact) mass is 249 g/mol. The molecule has 0 heterocycles. The van der Waals surface area contributed by atoms with Crippen LogP contribution in [-0.2, 0) is 10.2 Å². The highest BCUT2D eigenvalue weighted by Gasteiger charge is 2.28. The Morgan fingerprint density at radius 1 is 1.25 bits per heavy atom. The lowest BCUT2D eigenvalue weighted by Gasteiger charge is -2.33. The standard InChI is InChI=1S/C10H23N3O2S/c1-9(2)13-16(14,15)12-8-10(11)6-4-3-5-7-10/h9,12-13H,3-8,11H2,1-2H3. The first kappa shape index (κ1) is 13.9. The van der Waals surface area contributed by atoms with Gasteiger partial charge in [-0.15, -0.1) is 0 Å². The molecule has 0 spiro atoms. The average Bonchev–Trinajstić information content (AvgIpc) is 2.15. The summed E-state index contributed by atoms with van der Waals surface area (Å²) in [4.78, 5) is 0. The first-order valence-electron chi connectivity index (χ1n) is 5.89. The van der Waals surface area contributed by atoms with Gasteiger partial charge in [-0.1, -0.05) is 19.3 Å². The van der Waals surface area contributed by atoms with Crippen LogP contribution in [0.5, 0.6) is 0 Å². The molecule has 0 unspecified atom stereocenters. The van der Waals surface area contributed by atoms with Gasteiger partial charge in [-0.25, -0.2) is 4.72 Å². The molecule has 1 fully saturated rings. The van der Waals surface area contributed by atoms with Gasteiger partial charge in [0.1, 0.15) is 0 Å². The van der Waals surface area contributed by atoms with Gasteiger partial charge in [0.2, 0.25) is 0 Å². The Labute approximate surface area is 98.4 Å². The molecule has 6 heteroatoms. The SMILES string of the molecule is CC(C)NS(=O)(=O)NCC1(N)CCCCC1. The molecule has 0 aromatic rings. The number of nitrogens with one attached hydrogen (secondary N) is 2.